The zero-order valence-corrected chi connectivity index (χ0v) is 7.87. The van der Waals surface area contributed by atoms with Gasteiger partial charge >= 0.3 is 0 Å². The van der Waals surface area contributed by atoms with Gasteiger partial charge in [-0.3, -0.25) is 0 Å². The highest BCUT2D eigenvalue weighted by atomic mass is 16.5. The fraction of sp³-hybridized carbons (Fsp3) is 0.455. The summed E-state index contributed by atoms with van der Waals surface area (Å²) in [5.74, 6) is 1.10. The van der Waals surface area contributed by atoms with Gasteiger partial charge in [0.25, 0.3) is 0 Å². The van der Waals surface area contributed by atoms with Gasteiger partial charge < -0.3 is 4.74 Å². The molecule has 0 spiro atoms. The fourth-order valence-electron chi connectivity index (χ4n) is 1.22. The molecule has 1 aromatic rings. The van der Waals surface area contributed by atoms with Gasteiger partial charge in [0.15, 0.2) is 0 Å². The van der Waals surface area contributed by atoms with Crippen LogP contribution in [0, 0.1) is 0 Å². The number of ether oxygens (including phenoxy) is 1. The van der Waals surface area contributed by atoms with E-state index >= 15 is 0 Å². The molecule has 1 aromatic carbocycles. The van der Waals surface area contributed by atoms with Crippen molar-refractivity contribution in [1.82, 2.24) is 0 Å². The first-order valence-corrected chi connectivity index (χ1v) is 4.22. The van der Waals surface area contributed by atoms with E-state index < -0.39 is 0 Å². The Hall–Kier alpha value is -0.980. The number of rotatable bonds is 3. The SMILES string of the molecule is [2H][C@@H](C)[C@H](C)c1ccccc1OC. The maximum absolute atomic E-state index is 7.64. The van der Waals surface area contributed by atoms with E-state index in [9.17, 15) is 0 Å². The summed E-state index contributed by atoms with van der Waals surface area (Å²) in [7, 11) is 1.67. The molecule has 0 saturated carbocycles. The smallest absolute Gasteiger partial charge is 0.122 e. The Morgan fingerprint density at radius 3 is 2.75 bits per heavy atom. The number of hydrogen-bond acceptors (Lipinski definition) is 1. The van der Waals surface area contributed by atoms with Crippen LogP contribution >= 0.6 is 0 Å². The van der Waals surface area contributed by atoms with E-state index in [2.05, 4.69) is 6.92 Å². The zero-order valence-electron chi connectivity index (χ0n) is 8.87. The van der Waals surface area contributed by atoms with E-state index in [1.165, 1.54) is 0 Å². The second kappa shape index (κ2) is 4.15. The van der Waals surface area contributed by atoms with Crippen LogP contribution < -0.4 is 4.74 Å². The van der Waals surface area contributed by atoms with Crippen LogP contribution in [0.1, 0.15) is 33.1 Å². The normalized spacial score (nSPS) is 16.4. The minimum atomic E-state index is -0.101. The van der Waals surface area contributed by atoms with E-state index in [0.29, 0.717) is 0 Å². The molecular formula is C11H16O. The Morgan fingerprint density at radius 1 is 1.50 bits per heavy atom. The highest BCUT2D eigenvalue weighted by Gasteiger charge is 2.07. The summed E-state index contributed by atoms with van der Waals surface area (Å²) in [6.45, 7) is 3.95. The second-order valence-electron chi connectivity index (χ2n) is 2.86. The summed E-state index contributed by atoms with van der Waals surface area (Å²) in [6, 6.07) is 7.89. The summed E-state index contributed by atoms with van der Waals surface area (Å²) in [5.41, 5.74) is 1.12. The van der Waals surface area contributed by atoms with Crippen molar-refractivity contribution in [2.45, 2.75) is 26.2 Å². The number of benzene rings is 1. The Kier molecular flexibility index (Phi) is 2.65. The van der Waals surface area contributed by atoms with E-state index in [1.807, 2.05) is 31.2 Å². The molecule has 1 heteroatoms. The van der Waals surface area contributed by atoms with Crippen LogP contribution in [0.2, 0.25) is 0 Å². The van der Waals surface area contributed by atoms with Crippen molar-refractivity contribution in [1.29, 1.82) is 0 Å². The Labute approximate surface area is 75.8 Å². The lowest BCUT2D eigenvalue weighted by atomic mass is 9.98. The quantitative estimate of drug-likeness (QED) is 0.668. The van der Waals surface area contributed by atoms with Crippen molar-refractivity contribution in [2.24, 2.45) is 0 Å². The summed E-state index contributed by atoms with van der Waals surface area (Å²) in [6.07, 6.45) is -0.101. The molecular weight excluding hydrogens is 148 g/mol. The van der Waals surface area contributed by atoms with E-state index in [1.54, 1.807) is 7.11 Å². The van der Waals surface area contributed by atoms with Crippen LogP contribution in [0.25, 0.3) is 0 Å². The van der Waals surface area contributed by atoms with Crippen LogP contribution in [0.4, 0.5) is 0 Å². The molecule has 0 heterocycles. The Morgan fingerprint density at radius 2 is 2.17 bits per heavy atom. The molecule has 0 aliphatic rings. The van der Waals surface area contributed by atoms with Crippen LogP contribution in [0.5, 0.6) is 5.75 Å². The van der Waals surface area contributed by atoms with Crippen LogP contribution in [-0.4, -0.2) is 7.11 Å². The lowest BCUT2D eigenvalue weighted by molar-refractivity contribution is 0.406. The van der Waals surface area contributed by atoms with E-state index in [-0.39, 0.29) is 12.3 Å². The third-order valence-corrected chi connectivity index (χ3v) is 2.13. The number of para-hydroxylation sites is 1. The molecule has 0 aliphatic heterocycles. The minimum Gasteiger partial charge on any atom is -0.496 e. The van der Waals surface area contributed by atoms with Crippen molar-refractivity contribution in [3.05, 3.63) is 29.8 Å². The molecule has 0 bridgehead atoms. The lowest BCUT2D eigenvalue weighted by Crippen LogP contribution is -1.95. The molecule has 1 rings (SSSR count). The van der Waals surface area contributed by atoms with E-state index in [0.717, 1.165) is 11.3 Å². The standard InChI is InChI=1S/C11H16O/c1-4-9(2)10-7-5-6-8-11(10)12-3/h5-9H,4H2,1-3H3/t9-/m0/s1/i4D/t4-,9-. The van der Waals surface area contributed by atoms with Gasteiger partial charge in [-0.05, 0) is 23.9 Å². The lowest BCUT2D eigenvalue weighted by Gasteiger charge is -2.12. The average molecular weight is 165 g/mol. The highest BCUT2D eigenvalue weighted by molar-refractivity contribution is 5.35. The first-order valence-electron chi connectivity index (χ1n) is 4.79. The van der Waals surface area contributed by atoms with Crippen LogP contribution in [-0.2, 0) is 0 Å². The Balaban J connectivity index is 2.98. The molecule has 0 N–H and O–H groups in total. The maximum Gasteiger partial charge on any atom is 0.122 e. The fourth-order valence-corrected chi connectivity index (χ4v) is 1.22. The van der Waals surface area contributed by atoms with Gasteiger partial charge in [-0.25, -0.2) is 0 Å². The molecule has 0 amide bonds. The monoisotopic (exact) mass is 165 g/mol. The summed E-state index contributed by atoms with van der Waals surface area (Å²) < 4.78 is 12.9. The third kappa shape index (κ3) is 1.79. The van der Waals surface area contributed by atoms with Crippen molar-refractivity contribution in [3.8, 4) is 5.75 Å². The number of methoxy groups -OCH3 is 1. The van der Waals surface area contributed by atoms with E-state index in [4.69, 9.17) is 6.11 Å². The van der Waals surface area contributed by atoms with Gasteiger partial charge in [0.05, 0.1) is 7.11 Å². The average Bonchev–Trinajstić information content (AvgIpc) is 2.16. The molecule has 1 nitrogen and oxygen atoms in total. The topological polar surface area (TPSA) is 9.23 Å². The first kappa shape index (κ1) is 7.66. The predicted molar refractivity (Wildman–Crippen MR) is 51.7 cm³/mol. The first-order chi connectivity index (χ1) is 6.16. The van der Waals surface area contributed by atoms with Crippen LogP contribution in [0.15, 0.2) is 24.3 Å². The largest absolute Gasteiger partial charge is 0.496 e. The van der Waals surface area contributed by atoms with Crippen molar-refractivity contribution in [3.63, 3.8) is 0 Å². The molecule has 2 atom stereocenters. The molecule has 0 saturated heterocycles. The van der Waals surface area contributed by atoms with Gasteiger partial charge in [0.2, 0.25) is 0 Å². The highest BCUT2D eigenvalue weighted by Crippen LogP contribution is 2.27. The zero-order chi connectivity index (χ0) is 9.84. The number of hydrogen-bond donors (Lipinski definition) is 0. The van der Waals surface area contributed by atoms with Gasteiger partial charge in [-0.1, -0.05) is 32.0 Å². The second-order valence-corrected chi connectivity index (χ2v) is 2.86. The maximum atomic E-state index is 7.64. The van der Waals surface area contributed by atoms with Crippen molar-refractivity contribution >= 4 is 0 Å². The van der Waals surface area contributed by atoms with Crippen LogP contribution in [0.3, 0.4) is 0 Å². The van der Waals surface area contributed by atoms with Gasteiger partial charge in [0.1, 0.15) is 5.75 Å². The predicted octanol–water partition coefficient (Wildman–Crippen LogP) is 3.21. The summed E-state index contributed by atoms with van der Waals surface area (Å²) in [5, 5.41) is 0. The molecule has 0 unspecified atom stereocenters. The molecule has 0 aliphatic carbocycles. The molecule has 0 aromatic heterocycles. The van der Waals surface area contributed by atoms with Crippen molar-refractivity contribution < 1.29 is 6.11 Å². The molecule has 12 heavy (non-hydrogen) atoms. The third-order valence-electron chi connectivity index (χ3n) is 2.13. The molecule has 0 fully saturated rings. The minimum absolute atomic E-state index is 0.101. The summed E-state index contributed by atoms with van der Waals surface area (Å²) in [4.78, 5) is 0. The molecule has 0 radical (unpaired) electrons. The van der Waals surface area contributed by atoms with Crippen molar-refractivity contribution in [2.75, 3.05) is 7.11 Å². The molecule has 66 valence electrons. The van der Waals surface area contributed by atoms with Gasteiger partial charge in [-0.15, -0.1) is 0 Å². The Bertz CT molecular complexity index is 271. The summed E-state index contributed by atoms with van der Waals surface area (Å²) >= 11 is 0. The van der Waals surface area contributed by atoms with Gasteiger partial charge in [-0.2, -0.15) is 0 Å². The van der Waals surface area contributed by atoms with Gasteiger partial charge in [0, 0.05) is 1.37 Å².